The molecule has 1 atom stereocenters. The third-order valence-corrected chi connectivity index (χ3v) is 4.05. The van der Waals surface area contributed by atoms with Crippen LogP contribution in [0.2, 0.25) is 0 Å². The molecule has 0 radical (unpaired) electrons. The topological polar surface area (TPSA) is 24.5 Å². The minimum absolute atomic E-state index is 0.166. The van der Waals surface area contributed by atoms with Crippen LogP contribution in [0.3, 0.4) is 0 Å². The van der Waals surface area contributed by atoms with E-state index in [1.807, 2.05) is 0 Å². The third-order valence-electron chi connectivity index (χ3n) is 4.05. The number of nitrogens with zero attached hydrogens (tertiary/aromatic N) is 1. The molecule has 1 aliphatic rings. The molecule has 1 unspecified atom stereocenters. The summed E-state index contributed by atoms with van der Waals surface area (Å²) >= 11 is 0. The number of hydrogen-bond donors (Lipinski definition) is 1. The van der Waals surface area contributed by atoms with Crippen molar-refractivity contribution in [3.63, 3.8) is 0 Å². The summed E-state index contributed by atoms with van der Waals surface area (Å²) in [5.41, 5.74) is 2.85. The summed E-state index contributed by atoms with van der Waals surface area (Å²) in [6.45, 7) is 10.7. The van der Waals surface area contributed by atoms with Gasteiger partial charge in [0.2, 0.25) is 0 Å². The lowest BCUT2D eigenvalue weighted by Crippen LogP contribution is -2.37. The molecule has 3 heteroatoms. The zero-order chi connectivity index (χ0) is 15.3. The van der Waals surface area contributed by atoms with Crippen LogP contribution in [0.4, 0.5) is 5.69 Å². The first-order valence-corrected chi connectivity index (χ1v) is 8.06. The first-order valence-electron chi connectivity index (χ1n) is 8.06. The number of nitrogens with one attached hydrogen (secondary N) is 1. The second-order valence-electron chi connectivity index (χ2n) is 7.18. The molecular formula is C18H30N2O. The molecule has 1 aromatic carbocycles. The van der Waals surface area contributed by atoms with Crippen molar-refractivity contribution in [2.45, 2.75) is 45.7 Å². The molecule has 1 aliphatic heterocycles. The molecule has 2 rings (SSSR count). The van der Waals surface area contributed by atoms with Gasteiger partial charge in [0.1, 0.15) is 0 Å². The van der Waals surface area contributed by atoms with Crippen molar-refractivity contribution in [2.75, 3.05) is 31.7 Å². The van der Waals surface area contributed by atoms with Crippen LogP contribution in [-0.2, 0) is 11.3 Å². The predicted molar refractivity (Wildman–Crippen MR) is 89.8 cm³/mol. The summed E-state index contributed by atoms with van der Waals surface area (Å²) in [5, 5.41) is 3.53. The quantitative estimate of drug-likeness (QED) is 0.899. The van der Waals surface area contributed by atoms with Gasteiger partial charge >= 0.3 is 0 Å². The standard InChI is InChI=1S/C18H30N2O/c1-18(2,3)19-12-15-7-9-17(10-8-15)20-11-5-6-16(13-20)14-21-4/h7-10,16,19H,5-6,11-14H2,1-4H3. The molecule has 0 saturated carbocycles. The van der Waals surface area contributed by atoms with Gasteiger partial charge in [-0.05, 0) is 57.2 Å². The predicted octanol–water partition coefficient (Wildman–Crippen LogP) is 3.44. The second-order valence-corrected chi connectivity index (χ2v) is 7.18. The Balaban J connectivity index is 1.92. The Morgan fingerprint density at radius 2 is 1.95 bits per heavy atom. The molecule has 0 aromatic heterocycles. The number of rotatable bonds is 5. The molecule has 1 saturated heterocycles. The normalized spacial score (nSPS) is 19.8. The molecule has 1 N–H and O–H groups in total. The average molecular weight is 290 g/mol. The van der Waals surface area contributed by atoms with Gasteiger partial charge in [-0.1, -0.05) is 12.1 Å². The Bertz CT molecular complexity index is 420. The zero-order valence-corrected chi connectivity index (χ0v) is 14.0. The lowest BCUT2D eigenvalue weighted by atomic mass is 9.98. The fourth-order valence-corrected chi connectivity index (χ4v) is 2.86. The second kappa shape index (κ2) is 7.28. The van der Waals surface area contributed by atoms with Gasteiger partial charge in [0.05, 0.1) is 6.61 Å². The number of methoxy groups -OCH3 is 1. The molecule has 0 spiro atoms. The average Bonchev–Trinajstić information content (AvgIpc) is 2.46. The zero-order valence-electron chi connectivity index (χ0n) is 14.0. The van der Waals surface area contributed by atoms with E-state index in [2.05, 4.69) is 55.3 Å². The lowest BCUT2D eigenvalue weighted by Gasteiger charge is -2.34. The van der Waals surface area contributed by atoms with Crippen LogP contribution < -0.4 is 10.2 Å². The summed E-state index contributed by atoms with van der Waals surface area (Å²) in [5.74, 6) is 0.672. The maximum absolute atomic E-state index is 5.31. The van der Waals surface area contributed by atoms with Gasteiger partial charge in [-0.2, -0.15) is 0 Å². The van der Waals surface area contributed by atoms with E-state index >= 15 is 0 Å². The van der Waals surface area contributed by atoms with Crippen molar-refractivity contribution in [3.8, 4) is 0 Å². The summed E-state index contributed by atoms with van der Waals surface area (Å²) in [4.78, 5) is 2.49. The Kier molecular flexibility index (Phi) is 5.65. The first kappa shape index (κ1) is 16.3. The molecule has 118 valence electrons. The van der Waals surface area contributed by atoms with E-state index in [9.17, 15) is 0 Å². The van der Waals surface area contributed by atoms with E-state index in [0.717, 1.165) is 19.7 Å². The van der Waals surface area contributed by atoms with Crippen LogP contribution in [0.15, 0.2) is 24.3 Å². The monoisotopic (exact) mass is 290 g/mol. The largest absolute Gasteiger partial charge is 0.384 e. The highest BCUT2D eigenvalue weighted by atomic mass is 16.5. The molecular weight excluding hydrogens is 260 g/mol. The molecule has 21 heavy (non-hydrogen) atoms. The van der Waals surface area contributed by atoms with Gasteiger partial charge in [-0.25, -0.2) is 0 Å². The summed E-state index contributed by atoms with van der Waals surface area (Å²) in [7, 11) is 1.80. The van der Waals surface area contributed by atoms with E-state index in [1.165, 1.54) is 30.6 Å². The SMILES string of the molecule is COCC1CCCN(c2ccc(CNC(C)(C)C)cc2)C1. The van der Waals surface area contributed by atoms with Crippen molar-refractivity contribution < 1.29 is 4.74 Å². The lowest BCUT2D eigenvalue weighted by molar-refractivity contribution is 0.143. The van der Waals surface area contributed by atoms with Crippen LogP contribution in [0.25, 0.3) is 0 Å². The molecule has 1 aromatic rings. The Labute approximate surface area is 129 Å². The highest BCUT2D eigenvalue weighted by molar-refractivity contribution is 5.48. The number of piperidine rings is 1. The molecule has 1 heterocycles. The van der Waals surface area contributed by atoms with Crippen LogP contribution in [0.1, 0.15) is 39.2 Å². The molecule has 0 amide bonds. The molecule has 1 fully saturated rings. The highest BCUT2D eigenvalue weighted by Crippen LogP contribution is 2.23. The van der Waals surface area contributed by atoms with Gasteiger partial charge in [0.25, 0.3) is 0 Å². The molecule has 3 nitrogen and oxygen atoms in total. The smallest absolute Gasteiger partial charge is 0.0507 e. The number of benzene rings is 1. The first-order chi connectivity index (χ1) is 9.98. The Morgan fingerprint density at radius 3 is 2.57 bits per heavy atom. The van der Waals surface area contributed by atoms with Crippen molar-refractivity contribution in [1.82, 2.24) is 5.32 Å². The van der Waals surface area contributed by atoms with Gasteiger partial charge in [0, 0.05) is 38.0 Å². The van der Waals surface area contributed by atoms with Crippen LogP contribution in [0.5, 0.6) is 0 Å². The Hall–Kier alpha value is -1.06. The van der Waals surface area contributed by atoms with E-state index in [-0.39, 0.29) is 5.54 Å². The maximum atomic E-state index is 5.31. The van der Waals surface area contributed by atoms with Crippen molar-refractivity contribution >= 4 is 5.69 Å². The van der Waals surface area contributed by atoms with Crippen molar-refractivity contribution in [2.24, 2.45) is 5.92 Å². The van der Waals surface area contributed by atoms with E-state index in [1.54, 1.807) is 7.11 Å². The van der Waals surface area contributed by atoms with Gasteiger partial charge in [0.15, 0.2) is 0 Å². The van der Waals surface area contributed by atoms with Crippen LogP contribution >= 0.6 is 0 Å². The summed E-state index contributed by atoms with van der Waals surface area (Å²) < 4.78 is 5.31. The number of anilines is 1. The van der Waals surface area contributed by atoms with Gasteiger partial charge in [-0.15, -0.1) is 0 Å². The van der Waals surface area contributed by atoms with Crippen molar-refractivity contribution in [3.05, 3.63) is 29.8 Å². The van der Waals surface area contributed by atoms with Crippen LogP contribution in [-0.4, -0.2) is 32.3 Å². The van der Waals surface area contributed by atoms with Crippen molar-refractivity contribution in [1.29, 1.82) is 0 Å². The maximum Gasteiger partial charge on any atom is 0.0507 e. The van der Waals surface area contributed by atoms with E-state index in [0.29, 0.717) is 5.92 Å². The fourth-order valence-electron chi connectivity index (χ4n) is 2.86. The fraction of sp³-hybridized carbons (Fsp3) is 0.667. The van der Waals surface area contributed by atoms with E-state index < -0.39 is 0 Å². The Morgan fingerprint density at radius 1 is 1.24 bits per heavy atom. The summed E-state index contributed by atoms with van der Waals surface area (Å²) in [6.07, 6.45) is 2.55. The molecule has 0 aliphatic carbocycles. The van der Waals surface area contributed by atoms with Crippen LogP contribution in [0, 0.1) is 5.92 Å². The minimum atomic E-state index is 0.166. The number of ether oxygens (including phenoxy) is 1. The highest BCUT2D eigenvalue weighted by Gasteiger charge is 2.20. The van der Waals surface area contributed by atoms with Gasteiger partial charge in [-0.3, -0.25) is 0 Å². The minimum Gasteiger partial charge on any atom is -0.384 e. The number of hydrogen-bond acceptors (Lipinski definition) is 3. The van der Waals surface area contributed by atoms with Gasteiger partial charge < -0.3 is 15.0 Å². The van der Waals surface area contributed by atoms with E-state index in [4.69, 9.17) is 4.74 Å². The third kappa shape index (κ3) is 5.33. The summed E-state index contributed by atoms with van der Waals surface area (Å²) in [6, 6.07) is 9.01. The molecule has 0 bridgehead atoms.